The quantitative estimate of drug-likeness (QED) is 0.741. The van der Waals surface area contributed by atoms with Crippen LogP contribution in [-0.2, 0) is 0 Å². The second kappa shape index (κ2) is 5.25. The van der Waals surface area contributed by atoms with Gasteiger partial charge < -0.3 is 9.84 Å². The Morgan fingerprint density at radius 3 is 3.00 bits per heavy atom. The van der Waals surface area contributed by atoms with Gasteiger partial charge in [0.2, 0.25) is 0 Å². The highest BCUT2D eigenvalue weighted by atomic mass is 16.5. The second-order valence-corrected chi connectivity index (χ2v) is 2.95. The van der Waals surface area contributed by atoms with Crippen LogP contribution in [0, 0.1) is 11.3 Å². The zero-order chi connectivity index (χ0) is 10.4. The Morgan fingerprint density at radius 2 is 2.36 bits per heavy atom. The van der Waals surface area contributed by atoms with E-state index < -0.39 is 6.10 Å². The molecule has 3 heteroatoms. The number of aliphatic hydroxyl groups is 1. The third-order valence-electron chi connectivity index (χ3n) is 1.77. The molecule has 0 heterocycles. The number of hydrogen-bond acceptors (Lipinski definition) is 3. The van der Waals surface area contributed by atoms with E-state index in [0.29, 0.717) is 17.9 Å². The summed E-state index contributed by atoms with van der Waals surface area (Å²) in [6.07, 6.45) is -0.134. The molecule has 0 aliphatic carbocycles. The van der Waals surface area contributed by atoms with Crippen molar-refractivity contribution in [2.24, 2.45) is 0 Å². The molecular formula is C11H13NO2. The fourth-order valence-electron chi connectivity index (χ4n) is 1.07. The molecule has 0 spiro atoms. The lowest BCUT2D eigenvalue weighted by Gasteiger charge is -2.07. The predicted octanol–water partition coefficient (Wildman–Crippen LogP) is 2.03. The van der Waals surface area contributed by atoms with Crippen molar-refractivity contribution < 1.29 is 9.84 Å². The maximum atomic E-state index is 9.26. The molecule has 0 radical (unpaired) electrons. The van der Waals surface area contributed by atoms with Gasteiger partial charge in [0.15, 0.2) is 6.10 Å². The summed E-state index contributed by atoms with van der Waals surface area (Å²) in [6.45, 7) is 2.67. The van der Waals surface area contributed by atoms with Gasteiger partial charge in [-0.2, -0.15) is 5.26 Å². The van der Waals surface area contributed by atoms with Crippen LogP contribution < -0.4 is 4.74 Å². The standard InChI is InChI=1S/C11H13NO2/c1-2-6-14-10-5-3-4-9(7-10)11(13)8-12/h3-5,7,11,13H,2,6H2,1H3. The molecule has 0 aliphatic heterocycles. The van der Waals surface area contributed by atoms with E-state index >= 15 is 0 Å². The first-order valence-electron chi connectivity index (χ1n) is 4.58. The summed E-state index contributed by atoms with van der Waals surface area (Å²) in [4.78, 5) is 0. The van der Waals surface area contributed by atoms with Gasteiger partial charge in [0.05, 0.1) is 12.7 Å². The molecule has 0 saturated heterocycles. The van der Waals surface area contributed by atoms with Crippen molar-refractivity contribution in [2.75, 3.05) is 6.61 Å². The first-order valence-corrected chi connectivity index (χ1v) is 4.58. The zero-order valence-corrected chi connectivity index (χ0v) is 8.10. The normalized spacial score (nSPS) is 11.8. The monoisotopic (exact) mass is 191 g/mol. The lowest BCUT2D eigenvalue weighted by Crippen LogP contribution is -1.97. The van der Waals surface area contributed by atoms with Crippen LogP contribution in [0.2, 0.25) is 0 Å². The topological polar surface area (TPSA) is 53.2 Å². The summed E-state index contributed by atoms with van der Waals surface area (Å²) in [5, 5.41) is 17.8. The molecule has 0 aromatic heterocycles. The lowest BCUT2D eigenvalue weighted by molar-refractivity contribution is 0.234. The number of nitrogens with zero attached hydrogens (tertiary/aromatic N) is 1. The molecule has 0 bridgehead atoms. The van der Waals surface area contributed by atoms with E-state index in [9.17, 15) is 5.11 Å². The van der Waals surface area contributed by atoms with E-state index in [-0.39, 0.29) is 0 Å². The fraction of sp³-hybridized carbons (Fsp3) is 0.364. The van der Waals surface area contributed by atoms with Gasteiger partial charge in [-0.1, -0.05) is 19.1 Å². The molecule has 1 aromatic rings. The Balaban J connectivity index is 2.74. The Labute approximate surface area is 83.6 Å². The van der Waals surface area contributed by atoms with Gasteiger partial charge in [-0.25, -0.2) is 0 Å². The Bertz CT molecular complexity index is 330. The number of aliphatic hydroxyl groups excluding tert-OH is 1. The highest BCUT2D eigenvalue weighted by Crippen LogP contribution is 2.18. The van der Waals surface area contributed by atoms with Crippen LogP contribution in [0.4, 0.5) is 0 Å². The molecule has 0 amide bonds. The molecule has 1 aromatic carbocycles. The third kappa shape index (κ3) is 2.75. The van der Waals surface area contributed by atoms with Gasteiger partial charge in [0.1, 0.15) is 5.75 Å². The minimum absolute atomic E-state index is 0.570. The van der Waals surface area contributed by atoms with Crippen molar-refractivity contribution in [1.29, 1.82) is 5.26 Å². The van der Waals surface area contributed by atoms with Crippen molar-refractivity contribution in [3.8, 4) is 11.8 Å². The summed E-state index contributed by atoms with van der Waals surface area (Å²) in [6, 6.07) is 8.72. The zero-order valence-electron chi connectivity index (χ0n) is 8.10. The molecule has 74 valence electrons. The number of rotatable bonds is 4. The molecule has 0 fully saturated rings. The first kappa shape index (κ1) is 10.6. The van der Waals surface area contributed by atoms with Crippen LogP contribution in [-0.4, -0.2) is 11.7 Å². The highest BCUT2D eigenvalue weighted by molar-refractivity contribution is 5.31. The molecule has 0 aliphatic rings. The SMILES string of the molecule is CCCOc1cccc(C(O)C#N)c1. The lowest BCUT2D eigenvalue weighted by atomic mass is 10.1. The van der Waals surface area contributed by atoms with Crippen molar-refractivity contribution >= 4 is 0 Å². The predicted molar refractivity (Wildman–Crippen MR) is 52.8 cm³/mol. The number of nitriles is 1. The number of hydrogen-bond donors (Lipinski definition) is 1. The molecule has 3 nitrogen and oxygen atoms in total. The van der Waals surface area contributed by atoms with Gasteiger partial charge >= 0.3 is 0 Å². The molecular weight excluding hydrogens is 178 g/mol. The number of ether oxygens (including phenoxy) is 1. The minimum Gasteiger partial charge on any atom is -0.494 e. The molecule has 14 heavy (non-hydrogen) atoms. The second-order valence-electron chi connectivity index (χ2n) is 2.95. The van der Waals surface area contributed by atoms with Gasteiger partial charge in [0.25, 0.3) is 0 Å². The van der Waals surface area contributed by atoms with E-state index in [2.05, 4.69) is 0 Å². The van der Waals surface area contributed by atoms with Crippen LogP contribution in [0.5, 0.6) is 5.75 Å². The van der Waals surface area contributed by atoms with Crippen molar-refractivity contribution in [3.05, 3.63) is 29.8 Å². The summed E-state index contributed by atoms with van der Waals surface area (Å²) in [7, 11) is 0. The van der Waals surface area contributed by atoms with Crippen LogP contribution in [0.25, 0.3) is 0 Å². The third-order valence-corrected chi connectivity index (χ3v) is 1.77. The maximum absolute atomic E-state index is 9.26. The maximum Gasteiger partial charge on any atom is 0.166 e. The molecule has 0 saturated carbocycles. The molecule has 1 atom stereocenters. The fourth-order valence-corrected chi connectivity index (χ4v) is 1.07. The van der Waals surface area contributed by atoms with Gasteiger partial charge in [-0.3, -0.25) is 0 Å². The van der Waals surface area contributed by atoms with Crippen LogP contribution in [0.1, 0.15) is 25.0 Å². The summed E-state index contributed by atoms with van der Waals surface area (Å²) >= 11 is 0. The van der Waals surface area contributed by atoms with E-state index in [1.54, 1.807) is 24.3 Å². The smallest absolute Gasteiger partial charge is 0.166 e. The molecule has 1 unspecified atom stereocenters. The average Bonchev–Trinajstić information content (AvgIpc) is 2.25. The molecule has 1 N–H and O–H groups in total. The van der Waals surface area contributed by atoms with Gasteiger partial charge in [-0.15, -0.1) is 0 Å². The van der Waals surface area contributed by atoms with Crippen molar-refractivity contribution in [1.82, 2.24) is 0 Å². The van der Waals surface area contributed by atoms with E-state index in [1.807, 2.05) is 13.0 Å². The van der Waals surface area contributed by atoms with Crippen LogP contribution >= 0.6 is 0 Å². The highest BCUT2D eigenvalue weighted by Gasteiger charge is 2.05. The van der Waals surface area contributed by atoms with E-state index in [1.165, 1.54) is 0 Å². The molecule has 1 rings (SSSR count). The Morgan fingerprint density at radius 1 is 1.57 bits per heavy atom. The van der Waals surface area contributed by atoms with Gasteiger partial charge in [-0.05, 0) is 24.1 Å². The van der Waals surface area contributed by atoms with Crippen molar-refractivity contribution in [2.45, 2.75) is 19.4 Å². The Kier molecular flexibility index (Phi) is 3.96. The van der Waals surface area contributed by atoms with Crippen LogP contribution in [0.15, 0.2) is 24.3 Å². The average molecular weight is 191 g/mol. The summed E-state index contributed by atoms with van der Waals surface area (Å²) in [5.74, 6) is 0.693. The van der Waals surface area contributed by atoms with Crippen molar-refractivity contribution in [3.63, 3.8) is 0 Å². The van der Waals surface area contributed by atoms with E-state index in [0.717, 1.165) is 6.42 Å². The van der Waals surface area contributed by atoms with Crippen LogP contribution in [0.3, 0.4) is 0 Å². The van der Waals surface area contributed by atoms with E-state index in [4.69, 9.17) is 10.00 Å². The van der Waals surface area contributed by atoms with Gasteiger partial charge in [0, 0.05) is 0 Å². The number of benzene rings is 1. The summed E-state index contributed by atoms with van der Waals surface area (Å²) < 4.78 is 5.37. The minimum atomic E-state index is -1.07. The summed E-state index contributed by atoms with van der Waals surface area (Å²) in [5.41, 5.74) is 0.570. The first-order chi connectivity index (χ1) is 6.77. The largest absolute Gasteiger partial charge is 0.494 e. The Hall–Kier alpha value is -1.53.